The topological polar surface area (TPSA) is 9.86 Å². The molecule has 0 amide bonds. The van der Waals surface area contributed by atoms with Gasteiger partial charge in [0, 0.05) is 58.7 Å². The Morgan fingerprint density at radius 2 is 0.978 bits per heavy atom. The van der Waals surface area contributed by atoms with Gasteiger partial charge in [0.25, 0.3) is 0 Å². The lowest BCUT2D eigenvalue weighted by Gasteiger charge is -2.13. The van der Waals surface area contributed by atoms with Crippen molar-refractivity contribution < 1.29 is 0 Å². The van der Waals surface area contributed by atoms with Crippen LogP contribution in [0.25, 0.3) is 86.3 Å². The van der Waals surface area contributed by atoms with Gasteiger partial charge >= 0.3 is 0 Å². The summed E-state index contributed by atoms with van der Waals surface area (Å²) in [5.74, 6) is 0. The minimum atomic E-state index is 1.17. The first-order chi connectivity index (χ1) is 22.3. The molecule has 0 spiro atoms. The number of thiophene rings is 1. The molecule has 3 heteroatoms. The molecule has 0 saturated heterocycles. The fourth-order valence-electron chi connectivity index (χ4n) is 7.35. The van der Waals surface area contributed by atoms with E-state index in [-0.39, 0.29) is 0 Å². The number of hydrogen-bond acceptors (Lipinski definition) is 1. The summed E-state index contributed by atoms with van der Waals surface area (Å²) in [4.78, 5) is 0. The van der Waals surface area contributed by atoms with Gasteiger partial charge in [0.05, 0.1) is 22.1 Å². The zero-order chi connectivity index (χ0) is 29.5. The van der Waals surface area contributed by atoms with Crippen molar-refractivity contribution in [3.63, 3.8) is 0 Å². The minimum Gasteiger partial charge on any atom is -0.309 e. The van der Waals surface area contributed by atoms with Crippen molar-refractivity contribution in [3.8, 4) is 22.5 Å². The summed E-state index contributed by atoms with van der Waals surface area (Å²) in [7, 11) is 0. The quantitative estimate of drug-likeness (QED) is 0.194. The first kappa shape index (κ1) is 24.8. The van der Waals surface area contributed by atoms with E-state index in [4.69, 9.17) is 0 Å². The zero-order valence-electron chi connectivity index (χ0n) is 24.3. The Labute approximate surface area is 263 Å². The Hall–Kier alpha value is -5.64. The van der Waals surface area contributed by atoms with Gasteiger partial charge in [0.2, 0.25) is 0 Å². The Bertz CT molecular complexity index is 2740. The molecule has 45 heavy (non-hydrogen) atoms. The van der Waals surface area contributed by atoms with E-state index in [1.54, 1.807) is 0 Å². The van der Waals surface area contributed by atoms with Crippen molar-refractivity contribution in [2.45, 2.75) is 0 Å². The summed E-state index contributed by atoms with van der Waals surface area (Å²) in [6, 6.07) is 57.6. The van der Waals surface area contributed by atoms with E-state index in [0.29, 0.717) is 0 Å². The second-order valence-corrected chi connectivity index (χ2v) is 12.8. The maximum absolute atomic E-state index is 2.43. The lowest BCUT2D eigenvalue weighted by molar-refractivity contribution is 1.18. The largest absolute Gasteiger partial charge is 0.309 e. The fraction of sp³-hybridized carbons (Fsp3) is 0. The van der Waals surface area contributed by atoms with Crippen LogP contribution in [0.2, 0.25) is 0 Å². The molecule has 0 saturated carbocycles. The maximum atomic E-state index is 2.43. The highest BCUT2D eigenvalue weighted by Crippen LogP contribution is 2.42. The van der Waals surface area contributed by atoms with Crippen LogP contribution in [-0.4, -0.2) is 9.13 Å². The number of rotatable bonds is 3. The Morgan fingerprint density at radius 3 is 1.78 bits per heavy atom. The number of hydrogen-bond donors (Lipinski definition) is 0. The second kappa shape index (κ2) is 9.43. The normalized spacial score (nSPS) is 12.0. The summed E-state index contributed by atoms with van der Waals surface area (Å²) >= 11 is 1.88. The highest BCUT2D eigenvalue weighted by molar-refractivity contribution is 7.25. The highest BCUT2D eigenvalue weighted by Gasteiger charge is 2.18. The van der Waals surface area contributed by atoms with Gasteiger partial charge in [-0.05, 0) is 60.2 Å². The summed E-state index contributed by atoms with van der Waals surface area (Å²) in [5, 5.41) is 7.77. The van der Waals surface area contributed by atoms with Crippen LogP contribution >= 0.6 is 11.3 Å². The van der Waals surface area contributed by atoms with Gasteiger partial charge in [-0.15, -0.1) is 11.3 Å². The maximum Gasteiger partial charge on any atom is 0.0619 e. The van der Waals surface area contributed by atoms with Crippen molar-refractivity contribution in [2.24, 2.45) is 0 Å². The molecule has 0 N–H and O–H groups in total. The lowest BCUT2D eigenvalue weighted by atomic mass is 10.0. The predicted octanol–water partition coefficient (Wildman–Crippen LogP) is 11.9. The summed E-state index contributed by atoms with van der Waals surface area (Å²) in [5.41, 5.74) is 9.70. The molecule has 0 aliphatic heterocycles. The van der Waals surface area contributed by atoms with E-state index in [2.05, 4.69) is 167 Å². The molecule has 3 heterocycles. The monoisotopic (exact) mass is 590 g/mol. The second-order valence-electron chi connectivity index (χ2n) is 11.8. The van der Waals surface area contributed by atoms with E-state index in [1.165, 1.54) is 86.3 Å². The smallest absolute Gasteiger partial charge is 0.0619 e. The van der Waals surface area contributed by atoms with Crippen molar-refractivity contribution in [2.75, 3.05) is 0 Å². The third-order valence-corrected chi connectivity index (χ3v) is 10.5. The molecule has 0 radical (unpaired) electrons. The van der Waals surface area contributed by atoms with E-state index < -0.39 is 0 Å². The number of fused-ring (bicyclic) bond motifs is 9. The number of nitrogens with zero attached hydrogens (tertiary/aromatic N) is 2. The Balaban J connectivity index is 1.20. The highest BCUT2D eigenvalue weighted by atomic mass is 32.1. The minimum absolute atomic E-state index is 1.17. The molecule has 0 aliphatic carbocycles. The third kappa shape index (κ3) is 3.56. The zero-order valence-corrected chi connectivity index (χ0v) is 25.1. The van der Waals surface area contributed by atoms with E-state index >= 15 is 0 Å². The average molecular weight is 591 g/mol. The molecule has 10 rings (SSSR count). The number of aromatic nitrogens is 2. The molecule has 0 bridgehead atoms. The van der Waals surface area contributed by atoms with Crippen LogP contribution in [0, 0.1) is 0 Å². The molecule has 0 unspecified atom stereocenters. The van der Waals surface area contributed by atoms with Gasteiger partial charge in [-0.25, -0.2) is 0 Å². The molecule has 10 aromatic rings. The van der Waals surface area contributed by atoms with Crippen molar-refractivity contribution in [1.29, 1.82) is 0 Å². The van der Waals surface area contributed by atoms with Crippen molar-refractivity contribution in [3.05, 3.63) is 158 Å². The molecule has 0 atom stereocenters. The van der Waals surface area contributed by atoms with E-state index in [9.17, 15) is 0 Å². The predicted molar refractivity (Wildman–Crippen MR) is 193 cm³/mol. The van der Waals surface area contributed by atoms with Crippen molar-refractivity contribution >= 4 is 75.1 Å². The SMILES string of the molecule is c1ccc(-n2c3ccccc3c3cccc(-c4ccc(-n5c6ccccc6c6cc7sc8ccccc8c7cc65)cc4)c32)cc1. The fourth-order valence-corrected chi connectivity index (χ4v) is 8.48. The molecular formula is C42H26N2S. The Morgan fingerprint density at radius 1 is 0.356 bits per heavy atom. The van der Waals surface area contributed by atoms with Crippen LogP contribution in [0.15, 0.2) is 158 Å². The lowest BCUT2D eigenvalue weighted by Crippen LogP contribution is -1.96. The molecule has 2 nitrogen and oxygen atoms in total. The first-order valence-electron chi connectivity index (χ1n) is 15.4. The molecule has 0 fully saturated rings. The molecule has 210 valence electrons. The Kier molecular flexibility index (Phi) is 5.19. The van der Waals surface area contributed by atoms with Gasteiger partial charge in [0.15, 0.2) is 0 Å². The average Bonchev–Trinajstić information content (AvgIpc) is 3.75. The van der Waals surface area contributed by atoms with E-state index in [0.717, 1.165) is 0 Å². The summed E-state index contributed by atoms with van der Waals surface area (Å²) in [6.45, 7) is 0. The van der Waals surface area contributed by atoms with Crippen LogP contribution in [0.5, 0.6) is 0 Å². The van der Waals surface area contributed by atoms with E-state index in [1.807, 2.05) is 11.3 Å². The summed E-state index contributed by atoms with van der Waals surface area (Å²) < 4.78 is 7.52. The summed E-state index contributed by atoms with van der Waals surface area (Å²) in [6.07, 6.45) is 0. The molecule has 0 aliphatic rings. The first-order valence-corrected chi connectivity index (χ1v) is 16.2. The third-order valence-electron chi connectivity index (χ3n) is 9.32. The van der Waals surface area contributed by atoms with Gasteiger partial charge in [-0.3, -0.25) is 0 Å². The number of benzene rings is 7. The van der Waals surface area contributed by atoms with Gasteiger partial charge < -0.3 is 9.13 Å². The molecule has 3 aromatic heterocycles. The molecular weight excluding hydrogens is 565 g/mol. The van der Waals surface area contributed by atoms with Crippen LogP contribution < -0.4 is 0 Å². The standard InChI is InChI=1S/C42H26N2S/c1-2-11-28(12-3-1)44-38-19-8-4-13-31(38)34-17-10-16-30(42(34)44)27-21-23-29(24-22-27)43-37-18-7-5-14-32(37)35-26-41-36(25-39(35)43)33-15-6-9-20-40(33)45-41/h1-26H. The van der Waals surface area contributed by atoms with Crippen LogP contribution in [0.1, 0.15) is 0 Å². The number of para-hydroxylation sites is 4. The van der Waals surface area contributed by atoms with Crippen molar-refractivity contribution in [1.82, 2.24) is 9.13 Å². The van der Waals surface area contributed by atoms with Gasteiger partial charge in [0.1, 0.15) is 0 Å². The van der Waals surface area contributed by atoms with Gasteiger partial charge in [-0.1, -0.05) is 103 Å². The van der Waals surface area contributed by atoms with Crippen LogP contribution in [0.4, 0.5) is 0 Å². The van der Waals surface area contributed by atoms with Gasteiger partial charge in [-0.2, -0.15) is 0 Å². The van der Waals surface area contributed by atoms with Crippen LogP contribution in [0.3, 0.4) is 0 Å². The molecule has 7 aromatic carbocycles. The van der Waals surface area contributed by atoms with Crippen LogP contribution in [-0.2, 0) is 0 Å².